The third-order valence-corrected chi connectivity index (χ3v) is 7.82. The molecule has 0 radical (unpaired) electrons. The van der Waals surface area contributed by atoms with E-state index in [-0.39, 0.29) is 28.6 Å². The maximum Gasteiger partial charge on any atom is 0.314 e. The van der Waals surface area contributed by atoms with Crippen LogP contribution in [0.5, 0.6) is 0 Å². The Balaban J connectivity index is 1.66. The Morgan fingerprint density at radius 1 is 1.27 bits per heavy atom. The highest BCUT2D eigenvalue weighted by atomic mass is 32.2. The minimum absolute atomic E-state index is 0.00330. The molecule has 2 aromatic rings. The van der Waals surface area contributed by atoms with Crippen LogP contribution in [0.3, 0.4) is 0 Å². The number of nitrogens with zero attached hydrogens (tertiary/aromatic N) is 4. The number of halogens is 2. The van der Waals surface area contributed by atoms with E-state index < -0.39 is 44.4 Å². The van der Waals surface area contributed by atoms with Gasteiger partial charge in [-0.1, -0.05) is 12.8 Å². The number of rotatable bonds is 5. The lowest BCUT2D eigenvalue weighted by atomic mass is 9.91. The molecule has 10 nitrogen and oxygen atoms in total. The second kappa shape index (κ2) is 7.59. The summed E-state index contributed by atoms with van der Waals surface area (Å²) >= 11 is 0. The molecule has 0 amide bonds. The number of sulfonamides is 2. The molecule has 30 heavy (non-hydrogen) atoms. The Bertz CT molecular complexity index is 1170. The first-order valence-electron chi connectivity index (χ1n) is 9.16. The van der Waals surface area contributed by atoms with Crippen LogP contribution in [-0.4, -0.2) is 54.7 Å². The fourth-order valence-corrected chi connectivity index (χ4v) is 6.56. The number of hydrogen-bond acceptors (Lipinski definition) is 8. The van der Waals surface area contributed by atoms with E-state index in [4.69, 9.17) is 4.42 Å². The van der Waals surface area contributed by atoms with Gasteiger partial charge in [-0.15, -0.1) is 10.2 Å². The molecule has 164 valence electrons. The average Bonchev–Trinajstić information content (AvgIpc) is 3.24. The van der Waals surface area contributed by atoms with E-state index >= 15 is 0 Å². The molecule has 4 rings (SSSR count). The maximum atomic E-state index is 13.2. The Morgan fingerprint density at radius 2 is 2.00 bits per heavy atom. The van der Waals surface area contributed by atoms with Gasteiger partial charge in [0, 0.05) is 18.3 Å². The fraction of sp³-hybridized carbons (Fsp3) is 0.562. The lowest BCUT2D eigenvalue weighted by molar-refractivity contribution is 0.116. The van der Waals surface area contributed by atoms with E-state index in [1.807, 2.05) is 0 Å². The molecule has 0 spiro atoms. The van der Waals surface area contributed by atoms with Crippen molar-refractivity contribution in [2.75, 3.05) is 6.26 Å². The van der Waals surface area contributed by atoms with Crippen molar-refractivity contribution in [1.29, 1.82) is 0 Å². The lowest BCUT2D eigenvalue weighted by Crippen LogP contribution is -2.53. The van der Waals surface area contributed by atoms with Crippen molar-refractivity contribution in [3.63, 3.8) is 0 Å². The van der Waals surface area contributed by atoms with Gasteiger partial charge in [0.1, 0.15) is 4.90 Å². The molecule has 2 atom stereocenters. The van der Waals surface area contributed by atoms with Crippen molar-refractivity contribution in [2.45, 2.75) is 55.6 Å². The molecular formula is C16H19F2N5O5S2. The topological polar surface area (TPSA) is 135 Å². The molecule has 0 saturated heterocycles. The van der Waals surface area contributed by atoms with Crippen molar-refractivity contribution in [1.82, 2.24) is 24.2 Å². The first-order chi connectivity index (χ1) is 14.1. The van der Waals surface area contributed by atoms with Gasteiger partial charge < -0.3 is 4.42 Å². The molecule has 2 aliphatic rings. The summed E-state index contributed by atoms with van der Waals surface area (Å²) in [6.45, 7) is -0.00330. The van der Waals surface area contributed by atoms with Gasteiger partial charge in [-0.25, -0.2) is 21.6 Å². The zero-order chi connectivity index (χ0) is 21.7. The highest BCUT2D eigenvalue weighted by molar-refractivity contribution is 7.89. The summed E-state index contributed by atoms with van der Waals surface area (Å²) in [5.41, 5.74) is 0.393. The van der Waals surface area contributed by atoms with E-state index in [9.17, 15) is 25.6 Å². The van der Waals surface area contributed by atoms with E-state index in [0.717, 1.165) is 19.1 Å². The van der Waals surface area contributed by atoms with Crippen LogP contribution in [0, 0.1) is 0 Å². The highest BCUT2D eigenvalue weighted by Crippen LogP contribution is 2.37. The molecule has 1 saturated carbocycles. The number of alkyl halides is 2. The van der Waals surface area contributed by atoms with Crippen molar-refractivity contribution in [3.05, 3.63) is 23.8 Å². The second-order valence-corrected chi connectivity index (χ2v) is 11.0. The smallest absolute Gasteiger partial charge is 0.314 e. The van der Waals surface area contributed by atoms with Gasteiger partial charge in [0.05, 0.1) is 24.1 Å². The molecule has 1 aliphatic heterocycles. The second-order valence-electron chi connectivity index (χ2n) is 7.31. The molecule has 14 heteroatoms. The largest absolute Gasteiger partial charge is 0.415 e. The van der Waals surface area contributed by atoms with Crippen LogP contribution in [-0.2, 0) is 26.6 Å². The Labute approximate surface area is 171 Å². The quantitative estimate of drug-likeness (QED) is 0.704. The molecule has 2 aromatic heterocycles. The first-order valence-corrected chi connectivity index (χ1v) is 12.5. The minimum atomic E-state index is -3.98. The van der Waals surface area contributed by atoms with Crippen LogP contribution in [0.4, 0.5) is 8.78 Å². The van der Waals surface area contributed by atoms with Gasteiger partial charge in [0.15, 0.2) is 0 Å². The maximum absolute atomic E-state index is 13.2. The van der Waals surface area contributed by atoms with Crippen molar-refractivity contribution in [3.8, 4) is 11.5 Å². The summed E-state index contributed by atoms with van der Waals surface area (Å²) in [4.78, 5) is 4.07. The van der Waals surface area contributed by atoms with Gasteiger partial charge in [0.2, 0.25) is 25.9 Å². The van der Waals surface area contributed by atoms with E-state index in [2.05, 4.69) is 19.9 Å². The summed E-state index contributed by atoms with van der Waals surface area (Å²) in [6.07, 6.45) is 1.97. The first kappa shape index (κ1) is 21.2. The number of pyridine rings is 1. The van der Waals surface area contributed by atoms with Gasteiger partial charge >= 0.3 is 6.43 Å². The molecule has 1 N–H and O–H groups in total. The average molecular weight is 463 g/mol. The zero-order valence-corrected chi connectivity index (χ0v) is 17.5. The predicted molar refractivity (Wildman–Crippen MR) is 99.2 cm³/mol. The molecule has 3 heterocycles. The van der Waals surface area contributed by atoms with Crippen LogP contribution in [0.15, 0.2) is 21.6 Å². The van der Waals surface area contributed by atoms with Gasteiger partial charge in [-0.05, 0) is 18.9 Å². The monoisotopic (exact) mass is 463 g/mol. The lowest BCUT2D eigenvalue weighted by Gasteiger charge is -2.36. The normalized spacial score (nSPS) is 24.3. The van der Waals surface area contributed by atoms with Crippen LogP contribution in [0.2, 0.25) is 0 Å². The Morgan fingerprint density at radius 3 is 2.67 bits per heavy atom. The van der Waals surface area contributed by atoms with Crippen LogP contribution >= 0.6 is 0 Å². The van der Waals surface area contributed by atoms with Gasteiger partial charge in [-0.2, -0.15) is 13.1 Å². The van der Waals surface area contributed by atoms with Crippen molar-refractivity contribution >= 4 is 20.0 Å². The van der Waals surface area contributed by atoms with Crippen LogP contribution in [0.25, 0.3) is 11.5 Å². The highest BCUT2D eigenvalue weighted by Gasteiger charge is 2.44. The zero-order valence-electron chi connectivity index (χ0n) is 15.8. The Kier molecular flexibility index (Phi) is 5.36. The third kappa shape index (κ3) is 3.96. The summed E-state index contributed by atoms with van der Waals surface area (Å²) < 4.78 is 83.9. The van der Waals surface area contributed by atoms with Gasteiger partial charge in [0.25, 0.3) is 5.89 Å². The SMILES string of the molecule is CS(=O)(=O)N[C@@H]1CCCC[C@H]1N1Cc2ncc(-c3nnc(C(F)F)o3)cc2S1(=O)=O. The molecule has 0 aromatic carbocycles. The molecule has 1 fully saturated rings. The molecule has 0 bridgehead atoms. The number of fused-ring (bicyclic) bond motifs is 1. The summed E-state index contributed by atoms with van der Waals surface area (Å²) in [5.74, 6) is -1.13. The molecule has 0 unspecified atom stereocenters. The van der Waals surface area contributed by atoms with E-state index in [1.165, 1.54) is 16.6 Å². The number of nitrogens with one attached hydrogen (secondary N) is 1. The molecular weight excluding hydrogens is 444 g/mol. The predicted octanol–water partition coefficient (Wildman–Crippen LogP) is 1.43. The van der Waals surface area contributed by atoms with Crippen molar-refractivity contribution < 1.29 is 30.0 Å². The standard InChI is InChI=1S/C16H19F2N5O5S2/c1-29(24,25)22-10-4-2-3-5-12(10)23-8-11-13(30(23,26)27)6-9(7-19-11)15-20-21-16(28-15)14(17)18/h6-7,10,12,14,22H,2-5,8H2,1H3/t10-,12-/m1/s1. The minimum Gasteiger partial charge on any atom is -0.415 e. The van der Waals surface area contributed by atoms with Crippen molar-refractivity contribution in [2.24, 2.45) is 0 Å². The number of hydrogen-bond donors (Lipinski definition) is 1. The number of aromatic nitrogens is 3. The van der Waals surface area contributed by atoms with Gasteiger partial charge in [-0.3, -0.25) is 4.98 Å². The summed E-state index contributed by atoms with van der Waals surface area (Å²) in [7, 11) is -7.49. The Hall–Kier alpha value is -2.03. The summed E-state index contributed by atoms with van der Waals surface area (Å²) in [5, 5.41) is 6.76. The summed E-state index contributed by atoms with van der Waals surface area (Å²) in [6, 6.07) is 0.175. The fourth-order valence-electron chi connectivity index (χ4n) is 3.89. The van der Waals surface area contributed by atoms with E-state index in [1.54, 1.807) is 0 Å². The van der Waals surface area contributed by atoms with E-state index in [0.29, 0.717) is 12.8 Å². The molecule has 1 aliphatic carbocycles. The third-order valence-electron chi connectivity index (χ3n) is 5.16. The van der Waals surface area contributed by atoms with Crippen LogP contribution < -0.4 is 4.72 Å². The van der Waals surface area contributed by atoms with Crippen LogP contribution in [0.1, 0.15) is 43.7 Å².